The molecule has 0 amide bonds. The summed E-state index contributed by atoms with van der Waals surface area (Å²) in [6, 6.07) is 3.94. The van der Waals surface area contributed by atoms with E-state index in [2.05, 4.69) is 0 Å². The first-order chi connectivity index (χ1) is 6.81. The van der Waals surface area contributed by atoms with Crippen LogP contribution >= 0.6 is 11.6 Å². The maximum Gasteiger partial charge on any atom is 0.189 e. The Balaban J connectivity index is 2.36. The van der Waals surface area contributed by atoms with Gasteiger partial charge in [-0.1, -0.05) is 11.6 Å². The van der Waals surface area contributed by atoms with E-state index >= 15 is 0 Å². The molecule has 1 aromatic rings. The van der Waals surface area contributed by atoms with Crippen LogP contribution in [-0.2, 0) is 17.8 Å². The van der Waals surface area contributed by atoms with Gasteiger partial charge in [-0.2, -0.15) is 0 Å². The van der Waals surface area contributed by atoms with Gasteiger partial charge >= 0.3 is 0 Å². The number of halogens is 1. The second kappa shape index (κ2) is 4.17. The maximum absolute atomic E-state index is 6.06. The SMILES string of the molecule is NCCc1cc(Cl)c2c(c1)COCO2. The lowest BCUT2D eigenvalue weighted by Gasteiger charge is -2.19. The number of hydrogen-bond donors (Lipinski definition) is 1. The molecule has 1 aliphatic heterocycles. The predicted octanol–water partition coefficient (Wildman–Crippen LogP) is 1.71. The van der Waals surface area contributed by atoms with Gasteiger partial charge < -0.3 is 15.2 Å². The molecule has 0 unspecified atom stereocenters. The summed E-state index contributed by atoms with van der Waals surface area (Å²) >= 11 is 6.06. The second-order valence-electron chi connectivity index (χ2n) is 3.22. The Hall–Kier alpha value is -0.770. The van der Waals surface area contributed by atoms with Gasteiger partial charge in [0.1, 0.15) is 5.75 Å². The van der Waals surface area contributed by atoms with Crippen LogP contribution in [0.5, 0.6) is 5.75 Å². The normalized spacial score (nSPS) is 14.7. The van der Waals surface area contributed by atoms with Gasteiger partial charge in [-0.15, -0.1) is 0 Å². The van der Waals surface area contributed by atoms with Crippen LogP contribution in [0.25, 0.3) is 0 Å². The fraction of sp³-hybridized carbons (Fsp3) is 0.400. The van der Waals surface area contributed by atoms with Crippen LogP contribution in [0.3, 0.4) is 0 Å². The molecule has 0 atom stereocenters. The van der Waals surface area contributed by atoms with Crippen LogP contribution < -0.4 is 10.5 Å². The lowest BCUT2D eigenvalue weighted by atomic mass is 10.1. The van der Waals surface area contributed by atoms with Crippen molar-refractivity contribution in [2.24, 2.45) is 5.73 Å². The van der Waals surface area contributed by atoms with Crippen LogP contribution in [-0.4, -0.2) is 13.3 Å². The first-order valence-electron chi connectivity index (χ1n) is 4.53. The summed E-state index contributed by atoms with van der Waals surface area (Å²) in [5, 5.41) is 0.647. The smallest absolute Gasteiger partial charge is 0.189 e. The van der Waals surface area contributed by atoms with Gasteiger partial charge in [0.15, 0.2) is 6.79 Å². The minimum absolute atomic E-state index is 0.281. The van der Waals surface area contributed by atoms with E-state index in [1.54, 1.807) is 0 Å². The van der Waals surface area contributed by atoms with Crippen LogP contribution in [0.15, 0.2) is 12.1 Å². The van der Waals surface area contributed by atoms with Crippen LogP contribution in [0.2, 0.25) is 5.02 Å². The molecule has 0 aliphatic carbocycles. The first-order valence-corrected chi connectivity index (χ1v) is 4.91. The quantitative estimate of drug-likeness (QED) is 0.814. The lowest BCUT2D eigenvalue weighted by molar-refractivity contribution is -0.0163. The molecule has 2 N–H and O–H groups in total. The van der Waals surface area contributed by atoms with Crippen LogP contribution in [0.4, 0.5) is 0 Å². The highest BCUT2D eigenvalue weighted by Crippen LogP contribution is 2.33. The molecule has 2 rings (SSSR count). The first kappa shape index (κ1) is 9.77. The van der Waals surface area contributed by atoms with Gasteiger partial charge in [-0.05, 0) is 30.7 Å². The van der Waals surface area contributed by atoms with Crippen molar-refractivity contribution < 1.29 is 9.47 Å². The number of benzene rings is 1. The average molecular weight is 214 g/mol. The minimum atomic E-state index is 0.281. The zero-order valence-corrected chi connectivity index (χ0v) is 8.51. The Labute approximate surface area is 87.8 Å². The van der Waals surface area contributed by atoms with Gasteiger partial charge in [0.2, 0.25) is 0 Å². The van der Waals surface area contributed by atoms with Gasteiger partial charge in [-0.25, -0.2) is 0 Å². The second-order valence-corrected chi connectivity index (χ2v) is 3.62. The molecular formula is C10H12ClNO2. The van der Waals surface area contributed by atoms with E-state index in [1.165, 1.54) is 0 Å². The number of hydrogen-bond acceptors (Lipinski definition) is 3. The summed E-state index contributed by atoms with van der Waals surface area (Å²) in [7, 11) is 0. The molecule has 0 aromatic heterocycles. The number of nitrogens with two attached hydrogens (primary N) is 1. The molecule has 1 heterocycles. The number of fused-ring (bicyclic) bond motifs is 1. The van der Waals surface area contributed by atoms with Crippen molar-refractivity contribution in [1.29, 1.82) is 0 Å². The predicted molar refractivity (Wildman–Crippen MR) is 54.5 cm³/mol. The van der Waals surface area contributed by atoms with E-state index in [1.807, 2.05) is 12.1 Å². The van der Waals surface area contributed by atoms with E-state index in [9.17, 15) is 0 Å². The molecule has 4 heteroatoms. The van der Waals surface area contributed by atoms with Gasteiger partial charge in [0.25, 0.3) is 0 Å². The molecule has 0 spiro atoms. The summed E-state index contributed by atoms with van der Waals surface area (Å²) < 4.78 is 10.5. The Morgan fingerprint density at radius 1 is 1.43 bits per heavy atom. The molecule has 1 aliphatic rings. The average Bonchev–Trinajstić information content (AvgIpc) is 2.18. The standard InChI is InChI=1S/C10H12ClNO2/c11-9-4-7(1-2-12)3-8-5-13-6-14-10(8)9/h3-4H,1-2,5-6,12H2. The van der Waals surface area contributed by atoms with E-state index < -0.39 is 0 Å². The van der Waals surface area contributed by atoms with Crippen molar-refractivity contribution in [3.63, 3.8) is 0 Å². The molecule has 0 saturated carbocycles. The Kier molecular flexibility index (Phi) is 2.91. The Morgan fingerprint density at radius 2 is 2.29 bits per heavy atom. The third kappa shape index (κ3) is 1.85. The summed E-state index contributed by atoms with van der Waals surface area (Å²) in [6.07, 6.45) is 0.826. The molecule has 0 saturated heterocycles. The fourth-order valence-electron chi connectivity index (χ4n) is 1.54. The van der Waals surface area contributed by atoms with Crippen LogP contribution in [0, 0.1) is 0 Å². The molecule has 1 aromatic carbocycles. The highest BCUT2D eigenvalue weighted by atomic mass is 35.5. The van der Waals surface area contributed by atoms with Crippen molar-refractivity contribution in [3.8, 4) is 5.75 Å². The third-order valence-electron chi connectivity index (χ3n) is 2.16. The van der Waals surface area contributed by atoms with Crippen molar-refractivity contribution >= 4 is 11.6 Å². The van der Waals surface area contributed by atoms with E-state index in [0.29, 0.717) is 18.2 Å². The van der Waals surface area contributed by atoms with Gasteiger partial charge in [0, 0.05) is 5.56 Å². The van der Waals surface area contributed by atoms with Crippen molar-refractivity contribution in [1.82, 2.24) is 0 Å². The molecule has 0 radical (unpaired) electrons. The summed E-state index contributed by atoms with van der Waals surface area (Å²) in [5.41, 5.74) is 7.62. The van der Waals surface area contributed by atoms with E-state index in [4.69, 9.17) is 26.8 Å². The monoisotopic (exact) mass is 213 g/mol. The lowest BCUT2D eigenvalue weighted by Crippen LogP contribution is -2.12. The molecule has 0 bridgehead atoms. The zero-order valence-electron chi connectivity index (χ0n) is 7.75. The largest absolute Gasteiger partial charge is 0.466 e. The minimum Gasteiger partial charge on any atom is -0.466 e. The van der Waals surface area contributed by atoms with Crippen molar-refractivity contribution in [2.45, 2.75) is 13.0 Å². The Morgan fingerprint density at radius 3 is 3.07 bits per heavy atom. The fourth-order valence-corrected chi connectivity index (χ4v) is 1.86. The molecular weight excluding hydrogens is 202 g/mol. The number of ether oxygens (including phenoxy) is 2. The Bertz CT molecular complexity index is 341. The summed E-state index contributed by atoms with van der Waals surface area (Å²) in [4.78, 5) is 0. The van der Waals surface area contributed by atoms with Gasteiger partial charge in [-0.3, -0.25) is 0 Å². The summed E-state index contributed by atoms with van der Waals surface area (Å²) in [6.45, 7) is 1.47. The number of rotatable bonds is 2. The van der Waals surface area contributed by atoms with Crippen molar-refractivity contribution in [3.05, 3.63) is 28.3 Å². The van der Waals surface area contributed by atoms with Gasteiger partial charge in [0.05, 0.1) is 11.6 Å². The molecule has 0 fully saturated rings. The topological polar surface area (TPSA) is 44.5 Å². The maximum atomic E-state index is 6.06. The molecule has 14 heavy (non-hydrogen) atoms. The molecule has 76 valence electrons. The molecule has 3 nitrogen and oxygen atoms in total. The highest BCUT2D eigenvalue weighted by molar-refractivity contribution is 6.32. The third-order valence-corrected chi connectivity index (χ3v) is 2.44. The van der Waals surface area contributed by atoms with Crippen molar-refractivity contribution in [2.75, 3.05) is 13.3 Å². The summed E-state index contributed by atoms with van der Waals surface area (Å²) in [5.74, 6) is 0.749. The van der Waals surface area contributed by atoms with E-state index in [0.717, 1.165) is 23.3 Å². The van der Waals surface area contributed by atoms with E-state index in [-0.39, 0.29) is 6.79 Å². The zero-order chi connectivity index (χ0) is 9.97. The van der Waals surface area contributed by atoms with Crippen LogP contribution in [0.1, 0.15) is 11.1 Å². The highest BCUT2D eigenvalue weighted by Gasteiger charge is 2.15.